The number of benzene rings is 1. The Morgan fingerprint density at radius 2 is 1.90 bits per heavy atom. The molecule has 1 fully saturated rings. The molecule has 1 saturated carbocycles. The van der Waals surface area contributed by atoms with Crippen molar-refractivity contribution >= 4 is 17.5 Å². The number of thioether (sulfide) groups is 1. The smallest absolute Gasteiger partial charge is 0.216 e. The van der Waals surface area contributed by atoms with Crippen LogP contribution in [0.2, 0.25) is 0 Å². The van der Waals surface area contributed by atoms with Crippen molar-refractivity contribution in [1.29, 1.82) is 0 Å². The fourth-order valence-electron chi connectivity index (χ4n) is 2.05. The number of aromatic nitrogens is 1. The summed E-state index contributed by atoms with van der Waals surface area (Å²) in [6, 6.07) is 11.4. The van der Waals surface area contributed by atoms with Gasteiger partial charge in [-0.15, -0.1) is 11.8 Å². The Morgan fingerprint density at radius 3 is 2.52 bits per heavy atom. The zero-order valence-electron chi connectivity index (χ0n) is 12.1. The predicted molar refractivity (Wildman–Crippen MR) is 84.3 cm³/mol. The van der Waals surface area contributed by atoms with Gasteiger partial charge in [-0.1, -0.05) is 6.07 Å². The number of pyridine rings is 1. The Morgan fingerprint density at radius 1 is 1.19 bits per heavy atom. The van der Waals surface area contributed by atoms with Gasteiger partial charge in [0.15, 0.2) is 0 Å². The molecular weight excluding hydrogens is 282 g/mol. The van der Waals surface area contributed by atoms with E-state index in [1.165, 1.54) is 17.7 Å². The van der Waals surface area contributed by atoms with Gasteiger partial charge in [-0.05, 0) is 50.1 Å². The molecule has 108 valence electrons. The summed E-state index contributed by atoms with van der Waals surface area (Å²) in [4.78, 5) is 17.9. The summed E-state index contributed by atoms with van der Waals surface area (Å²) < 4.78 is 5.17. The number of carbonyl (C=O) groups excluding carboxylic acids is 1. The quantitative estimate of drug-likeness (QED) is 0.785. The van der Waals surface area contributed by atoms with Crippen molar-refractivity contribution in [3.05, 3.63) is 53.2 Å². The van der Waals surface area contributed by atoms with Crippen LogP contribution in [0.5, 0.6) is 5.88 Å². The maximum atomic E-state index is 12.4. The lowest BCUT2D eigenvalue weighted by Gasteiger charge is -2.06. The number of ketones is 1. The average molecular weight is 299 g/mol. The highest BCUT2D eigenvalue weighted by molar-refractivity contribution is 8.00. The van der Waals surface area contributed by atoms with Crippen LogP contribution in [0.25, 0.3) is 0 Å². The number of rotatable bonds is 5. The van der Waals surface area contributed by atoms with E-state index in [1.807, 2.05) is 49.0 Å². The number of hydrogen-bond acceptors (Lipinski definition) is 4. The SMILES string of the molecule is COc1nc(C(=O)c2ccc(SC3CC3)cc2)ccc1C. The van der Waals surface area contributed by atoms with Gasteiger partial charge in [-0.3, -0.25) is 4.79 Å². The van der Waals surface area contributed by atoms with Gasteiger partial charge in [-0.2, -0.15) is 0 Å². The second kappa shape index (κ2) is 5.90. The second-order valence-electron chi connectivity index (χ2n) is 5.19. The summed E-state index contributed by atoms with van der Waals surface area (Å²) in [7, 11) is 1.56. The molecule has 0 amide bonds. The molecule has 1 aromatic carbocycles. The van der Waals surface area contributed by atoms with Crippen LogP contribution >= 0.6 is 11.8 Å². The highest BCUT2D eigenvalue weighted by atomic mass is 32.2. The fraction of sp³-hybridized carbons (Fsp3) is 0.294. The van der Waals surface area contributed by atoms with Gasteiger partial charge in [0.1, 0.15) is 5.69 Å². The highest BCUT2D eigenvalue weighted by Gasteiger charge is 2.22. The number of hydrogen-bond donors (Lipinski definition) is 0. The molecule has 0 aliphatic heterocycles. The van der Waals surface area contributed by atoms with E-state index in [2.05, 4.69) is 4.98 Å². The number of carbonyl (C=O) groups is 1. The van der Waals surface area contributed by atoms with E-state index in [0.717, 1.165) is 10.8 Å². The number of methoxy groups -OCH3 is 1. The zero-order valence-corrected chi connectivity index (χ0v) is 12.9. The molecule has 0 bridgehead atoms. The minimum Gasteiger partial charge on any atom is -0.481 e. The Kier molecular flexibility index (Phi) is 3.97. The Bertz CT molecular complexity index is 663. The van der Waals surface area contributed by atoms with Crippen LogP contribution in [0.1, 0.15) is 34.5 Å². The van der Waals surface area contributed by atoms with Crippen molar-refractivity contribution in [2.45, 2.75) is 29.9 Å². The summed E-state index contributed by atoms with van der Waals surface area (Å²) in [5, 5.41) is 0.773. The molecule has 2 aromatic rings. The molecule has 0 unspecified atom stereocenters. The molecule has 0 N–H and O–H groups in total. The monoisotopic (exact) mass is 299 g/mol. The summed E-state index contributed by atoms with van der Waals surface area (Å²) in [5.74, 6) is 0.429. The van der Waals surface area contributed by atoms with Crippen LogP contribution in [-0.4, -0.2) is 23.1 Å². The highest BCUT2D eigenvalue weighted by Crippen LogP contribution is 2.39. The first-order valence-electron chi connectivity index (χ1n) is 7.00. The second-order valence-corrected chi connectivity index (χ2v) is 6.57. The molecule has 0 atom stereocenters. The first-order chi connectivity index (χ1) is 10.2. The molecule has 0 saturated heterocycles. The standard InChI is InChI=1S/C17H17NO2S/c1-11-3-10-15(18-17(11)20-2)16(19)12-4-6-13(7-5-12)21-14-8-9-14/h3-7,10,14H,8-9H2,1-2H3. The molecule has 1 aromatic heterocycles. The molecule has 3 rings (SSSR count). The summed E-state index contributed by atoms with van der Waals surface area (Å²) in [6.07, 6.45) is 2.61. The third-order valence-electron chi connectivity index (χ3n) is 3.42. The zero-order chi connectivity index (χ0) is 14.8. The van der Waals surface area contributed by atoms with E-state index in [0.29, 0.717) is 17.1 Å². The van der Waals surface area contributed by atoms with E-state index in [4.69, 9.17) is 4.74 Å². The largest absolute Gasteiger partial charge is 0.481 e. The molecule has 1 aliphatic carbocycles. The van der Waals surface area contributed by atoms with E-state index in [-0.39, 0.29) is 5.78 Å². The van der Waals surface area contributed by atoms with Gasteiger partial charge >= 0.3 is 0 Å². The Hall–Kier alpha value is -1.81. The lowest BCUT2D eigenvalue weighted by molar-refractivity contribution is 0.103. The lowest BCUT2D eigenvalue weighted by atomic mass is 10.1. The van der Waals surface area contributed by atoms with Gasteiger partial charge in [0.25, 0.3) is 0 Å². The number of nitrogens with zero attached hydrogens (tertiary/aromatic N) is 1. The van der Waals surface area contributed by atoms with Crippen LogP contribution in [-0.2, 0) is 0 Å². The normalized spacial score (nSPS) is 14.0. The average Bonchev–Trinajstić information content (AvgIpc) is 3.32. The Balaban J connectivity index is 1.80. The van der Waals surface area contributed by atoms with E-state index in [9.17, 15) is 4.79 Å². The molecule has 1 aliphatic rings. The number of aryl methyl sites for hydroxylation is 1. The topological polar surface area (TPSA) is 39.2 Å². The molecule has 4 heteroatoms. The lowest BCUT2D eigenvalue weighted by Crippen LogP contribution is -2.05. The maximum absolute atomic E-state index is 12.4. The number of ether oxygens (including phenoxy) is 1. The molecule has 3 nitrogen and oxygen atoms in total. The van der Waals surface area contributed by atoms with E-state index >= 15 is 0 Å². The molecular formula is C17H17NO2S. The maximum Gasteiger partial charge on any atom is 0.216 e. The van der Waals surface area contributed by atoms with Crippen LogP contribution < -0.4 is 4.74 Å². The van der Waals surface area contributed by atoms with Crippen molar-refractivity contribution < 1.29 is 9.53 Å². The van der Waals surface area contributed by atoms with Gasteiger partial charge in [0.05, 0.1) is 7.11 Å². The van der Waals surface area contributed by atoms with Gasteiger partial charge in [0.2, 0.25) is 11.7 Å². The van der Waals surface area contributed by atoms with Crippen molar-refractivity contribution in [3.63, 3.8) is 0 Å². The first-order valence-corrected chi connectivity index (χ1v) is 7.88. The summed E-state index contributed by atoms with van der Waals surface area (Å²) in [5.41, 5.74) is 2.00. The summed E-state index contributed by atoms with van der Waals surface area (Å²) in [6.45, 7) is 1.91. The first kappa shape index (κ1) is 14.1. The minimum atomic E-state index is -0.0729. The van der Waals surface area contributed by atoms with Crippen LogP contribution in [0, 0.1) is 6.92 Å². The molecule has 0 spiro atoms. The van der Waals surface area contributed by atoms with Crippen molar-refractivity contribution in [2.24, 2.45) is 0 Å². The van der Waals surface area contributed by atoms with E-state index in [1.54, 1.807) is 13.2 Å². The van der Waals surface area contributed by atoms with Crippen molar-refractivity contribution in [1.82, 2.24) is 4.98 Å². The fourth-order valence-corrected chi connectivity index (χ4v) is 3.10. The van der Waals surface area contributed by atoms with E-state index < -0.39 is 0 Å². The Labute approximate surface area is 128 Å². The third-order valence-corrected chi connectivity index (χ3v) is 4.77. The van der Waals surface area contributed by atoms with Crippen LogP contribution in [0.3, 0.4) is 0 Å². The molecule has 1 heterocycles. The minimum absolute atomic E-state index is 0.0729. The predicted octanol–water partition coefficient (Wildman–Crippen LogP) is 3.88. The van der Waals surface area contributed by atoms with Gasteiger partial charge in [-0.25, -0.2) is 4.98 Å². The third kappa shape index (κ3) is 3.27. The van der Waals surface area contributed by atoms with Gasteiger partial charge in [0, 0.05) is 21.3 Å². The molecule has 0 radical (unpaired) electrons. The van der Waals surface area contributed by atoms with Crippen molar-refractivity contribution in [3.8, 4) is 5.88 Å². The van der Waals surface area contributed by atoms with Crippen LogP contribution in [0.4, 0.5) is 0 Å². The van der Waals surface area contributed by atoms with Gasteiger partial charge < -0.3 is 4.74 Å². The summed E-state index contributed by atoms with van der Waals surface area (Å²) >= 11 is 1.89. The van der Waals surface area contributed by atoms with Crippen molar-refractivity contribution in [2.75, 3.05) is 7.11 Å². The molecule has 21 heavy (non-hydrogen) atoms. The van der Waals surface area contributed by atoms with Crippen LogP contribution in [0.15, 0.2) is 41.3 Å².